The Morgan fingerprint density at radius 3 is 1.00 bits per heavy atom. The van der Waals surface area contributed by atoms with E-state index in [1.807, 2.05) is 0 Å². The molecular formula is C26H30N4. The van der Waals surface area contributed by atoms with Gasteiger partial charge in [-0.15, -0.1) is 0 Å². The van der Waals surface area contributed by atoms with Gasteiger partial charge in [0, 0.05) is 109 Å². The van der Waals surface area contributed by atoms with Gasteiger partial charge >= 0.3 is 0 Å². The third-order valence-corrected chi connectivity index (χ3v) is 7.43. The second kappa shape index (κ2) is 6.31. The fourth-order valence-corrected chi connectivity index (χ4v) is 5.75. The van der Waals surface area contributed by atoms with Crippen molar-refractivity contribution in [3.63, 3.8) is 0 Å². The smallest absolute Gasteiger partial charge is 0.0464 e. The van der Waals surface area contributed by atoms with Gasteiger partial charge in [-0.3, -0.25) is 0 Å². The quantitative estimate of drug-likeness (QED) is 0.380. The third kappa shape index (κ3) is 2.33. The van der Waals surface area contributed by atoms with E-state index in [1.54, 1.807) is 0 Å². The Kier molecular flexibility index (Phi) is 3.77. The summed E-state index contributed by atoms with van der Waals surface area (Å²) in [7, 11) is 8.99. The van der Waals surface area contributed by atoms with Gasteiger partial charge in [0.05, 0.1) is 0 Å². The van der Waals surface area contributed by atoms with Crippen LogP contribution >= 0.6 is 0 Å². The lowest BCUT2D eigenvalue weighted by Gasteiger charge is -2.34. The van der Waals surface area contributed by atoms with Gasteiger partial charge in [-0.2, -0.15) is 0 Å². The maximum absolute atomic E-state index is 2.45. The molecule has 4 bridgehead atoms. The molecule has 30 heavy (non-hydrogen) atoms. The normalized spacial score (nSPS) is 17.6. The zero-order valence-electron chi connectivity index (χ0n) is 18.5. The van der Waals surface area contributed by atoms with Gasteiger partial charge in [-0.25, -0.2) is 0 Å². The number of fused-ring (bicyclic) bond motifs is 8. The Hall–Kier alpha value is -2.88. The van der Waals surface area contributed by atoms with Gasteiger partial charge in [0.15, 0.2) is 0 Å². The van der Waals surface area contributed by atoms with Gasteiger partial charge < -0.3 is 19.6 Å². The van der Waals surface area contributed by atoms with Crippen molar-refractivity contribution in [2.45, 2.75) is 12.8 Å². The fraction of sp³-hybridized carbons (Fsp3) is 0.385. The van der Waals surface area contributed by atoms with Crippen LogP contribution in [0.15, 0.2) is 36.4 Å². The number of hydrogen-bond donors (Lipinski definition) is 0. The van der Waals surface area contributed by atoms with E-state index in [2.05, 4.69) is 84.2 Å². The van der Waals surface area contributed by atoms with Crippen molar-refractivity contribution >= 4 is 55.1 Å². The van der Waals surface area contributed by atoms with Crippen molar-refractivity contribution in [1.82, 2.24) is 0 Å². The monoisotopic (exact) mass is 398 g/mol. The lowest BCUT2D eigenvalue weighted by Crippen LogP contribution is -2.29. The van der Waals surface area contributed by atoms with E-state index in [1.165, 1.54) is 67.9 Å². The van der Waals surface area contributed by atoms with E-state index >= 15 is 0 Å². The lowest BCUT2D eigenvalue weighted by atomic mass is 9.89. The molecule has 0 amide bonds. The van der Waals surface area contributed by atoms with Crippen LogP contribution in [0.1, 0.15) is 12.8 Å². The summed E-state index contributed by atoms with van der Waals surface area (Å²) in [5.74, 6) is 0. The zero-order chi connectivity index (χ0) is 20.6. The molecule has 4 aromatic rings. The second-order valence-corrected chi connectivity index (χ2v) is 9.29. The first kappa shape index (κ1) is 17.9. The Balaban J connectivity index is 1.83. The number of rotatable bonds is 0. The summed E-state index contributed by atoms with van der Waals surface area (Å²) in [5, 5.41) is 8.41. The molecule has 6 rings (SSSR count). The van der Waals surface area contributed by atoms with Crippen LogP contribution in [0.2, 0.25) is 0 Å². The average molecular weight is 399 g/mol. The van der Waals surface area contributed by atoms with E-state index in [0.29, 0.717) is 0 Å². The van der Waals surface area contributed by atoms with Crippen molar-refractivity contribution in [1.29, 1.82) is 0 Å². The number of benzene rings is 4. The first-order valence-corrected chi connectivity index (χ1v) is 11.2. The van der Waals surface area contributed by atoms with Crippen LogP contribution < -0.4 is 19.6 Å². The summed E-state index contributed by atoms with van der Waals surface area (Å²) < 4.78 is 0. The molecule has 0 atom stereocenters. The largest absolute Gasteiger partial charge is 0.374 e. The molecule has 4 aromatic carbocycles. The van der Waals surface area contributed by atoms with Crippen molar-refractivity contribution in [3.8, 4) is 0 Å². The van der Waals surface area contributed by atoms with Crippen molar-refractivity contribution < 1.29 is 0 Å². The molecule has 0 spiro atoms. The van der Waals surface area contributed by atoms with Crippen LogP contribution in [-0.4, -0.2) is 54.4 Å². The SMILES string of the molecule is CN1CCCN(C)c2cc1c1ccc3c4cc(c5ccc2c1c35)N(C)CCCN4C. The molecule has 2 aliphatic rings. The number of anilines is 4. The lowest BCUT2D eigenvalue weighted by molar-refractivity contribution is 0.756. The molecule has 4 nitrogen and oxygen atoms in total. The van der Waals surface area contributed by atoms with E-state index < -0.39 is 0 Å². The highest BCUT2D eigenvalue weighted by Gasteiger charge is 2.24. The van der Waals surface area contributed by atoms with Gasteiger partial charge in [0.2, 0.25) is 0 Å². The molecule has 2 heterocycles. The molecule has 0 fully saturated rings. The minimum absolute atomic E-state index is 1.09. The Morgan fingerprint density at radius 2 is 0.733 bits per heavy atom. The summed E-state index contributed by atoms with van der Waals surface area (Å²) in [6, 6.07) is 14.3. The van der Waals surface area contributed by atoms with Crippen molar-refractivity contribution in [3.05, 3.63) is 36.4 Å². The summed E-state index contributed by atoms with van der Waals surface area (Å²) in [5.41, 5.74) is 5.44. The summed E-state index contributed by atoms with van der Waals surface area (Å²) in [6.45, 7) is 4.37. The second-order valence-electron chi connectivity index (χ2n) is 9.29. The predicted octanol–water partition coefficient (Wildman–Crippen LogP) is 5.14. The molecule has 0 saturated heterocycles. The minimum atomic E-state index is 1.09. The molecule has 2 aliphatic heterocycles. The predicted molar refractivity (Wildman–Crippen MR) is 132 cm³/mol. The Labute approximate surface area is 178 Å². The summed E-state index contributed by atoms with van der Waals surface area (Å²) in [6.07, 6.45) is 2.37. The molecule has 0 unspecified atom stereocenters. The van der Waals surface area contributed by atoms with Crippen molar-refractivity contribution in [2.75, 3.05) is 74.0 Å². The van der Waals surface area contributed by atoms with Gasteiger partial charge in [-0.1, -0.05) is 24.3 Å². The zero-order valence-corrected chi connectivity index (χ0v) is 18.5. The highest BCUT2D eigenvalue weighted by atomic mass is 15.2. The van der Waals surface area contributed by atoms with Crippen LogP contribution in [0, 0.1) is 0 Å². The molecule has 0 saturated carbocycles. The molecule has 0 radical (unpaired) electrons. The third-order valence-electron chi connectivity index (χ3n) is 7.43. The van der Waals surface area contributed by atoms with E-state index in [0.717, 1.165) is 26.2 Å². The van der Waals surface area contributed by atoms with E-state index in [-0.39, 0.29) is 0 Å². The molecule has 4 heteroatoms. The standard InChI is InChI=1S/C26H30N4/c1-27-11-5-12-28(2)22-15-21(27)17-7-8-19-23-16-24(30(4)14-6-13-29(23)3)20-10-9-18(22)25(17)26(19)20/h7-10,15-16H,5-6,11-14H2,1-4H3. The highest BCUT2D eigenvalue weighted by Crippen LogP contribution is 2.48. The fourth-order valence-electron chi connectivity index (χ4n) is 5.75. The molecular weight excluding hydrogens is 368 g/mol. The van der Waals surface area contributed by atoms with Gasteiger partial charge in [0.1, 0.15) is 0 Å². The van der Waals surface area contributed by atoms with Crippen molar-refractivity contribution in [2.24, 2.45) is 0 Å². The Morgan fingerprint density at radius 1 is 0.467 bits per heavy atom. The highest BCUT2D eigenvalue weighted by molar-refractivity contribution is 6.31. The maximum Gasteiger partial charge on any atom is 0.0464 e. The molecule has 0 aromatic heterocycles. The number of nitrogens with zero attached hydrogens (tertiary/aromatic N) is 4. The van der Waals surface area contributed by atoms with Gasteiger partial charge in [0.25, 0.3) is 0 Å². The van der Waals surface area contributed by atoms with E-state index in [4.69, 9.17) is 0 Å². The molecule has 154 valence electrons. The maximum atomic E-state index is 2.45. The van der Waals surface area contributed by atoms with Crippen LogP contribution in [0.5, 0.6) is 0 Å². The first-order valence-electron chi connectivity index (χ1n) is 11.2. The first-order chi connectivity index (χ1) is 14.5. The average Bonchev–Trinajstić information content (AvgIpc) is 2.74. The number of hydrogen-bond acceptors (Lipinski definition) is 4. The van der Waals surface area contributed by atoms with Crippen LogP contribution in [-0.2, 0) is 0 Å². The summed E-state index contributed by atoms with van der Waals surface area (Å²) >= 11 is 0. The van der Waals surface area contributed by atoms with Crippen LogP contribution in [0.3, 0.4) is 0 Å². The van der Waals surface area contributed by atoms with Crippen LogP contribution in [0.25, 0.3) is 32.3 Å². The van der Waals surface area contributed by atoms with Gasteiger partial charge in [-0.05, 0) is 25.0 Å². The van der Waals surface area contributed by atoms with E-state index in [9.17, 15) is 0 Å². The topological polar surface area (TPSA) is 13.0 Å². The van der Waals surface area contributed by atoms with Crippen LogP contribution in [0.4, 0.5) is 22.7 Å². The minimum Gasteiger partial charge on any atom is -0.374 e. The summed E-state index contributed by atoms with van der Waals surface area (Å²) in [4.78, 5) is 9.80. The molecule has 0 N–H and O–H groups in total. The Bertz CT molecular complexity index is 1090. The molecule has 0 aliphatic carbocycles.